The highest BCUT2D eigenvalue weighted by Crippen LogP contribution is 2.21. The van der Waals surface area contributed by atoms with Crippen molar-refractivity contribution in [2.45, 2.75) is 32.0 Å². The number of nitrogens with zero attached hydrogens (tertiary/aromatic N) is 3. The number of hydrogen-bond acceptors (Lipinski definition) is 4. The van der Waals surface area contributed by atoms with E-state index in [0.29, 0.717) is 5.88 Å². The second-order valence-corrected chi connectivity index (χ2v) is 6.81. The van der Waals surface area contributed by atoms with Crippen LogP contribution in [0.1, 0.15) is 18.5 Å². The first-order valence-electron chi connectivity index (χ1n) is 8.88. The van der Waals surface area contributed by atoms with Crippen molar-refractivity contribution >= 4 is 0 Å². The molecule has 2 aromatic rings. The fourth-order valence-electron chi connectivity index (χ4n) is 3.73. The number of ether oxygens (including phenoxy) is 2. The molecule has 2 aromatic heterocycles. The van der Waals surface area contributed by atoms with Gasteiger partial charge in [-0.2, -0.15) is 0 Å². The van der Waals surface area contributed by atoms with Crippen LogP contribution in [-0.2, 0) is 17.8 Å². The van der Waals surface area contributed by atoms with Gasteiger partial charge in [-0.05, 0) is 37.0 Å². The molecule has 0 amide bonds. The number of aromatic nitrogens is 2. The molecule has 2 aliphatic rings. The summed E-state index contributed by atoms with van der Waals surface area (Å²) in [6.45, 7) is 5.74. The first kappa shape index (κ1) is 15.7. The molecule has 0 aliphatic carbocycles. The van der Waals surface area contributed by atoms with Crippen molar-refractivity contribution in [3.8, 4) is 5.88 Å². The molecule has 128 valence electrons. The molecule has 1 atom stereocenters. The molecule has 0 radical (unpaired) electrons. The second-order valence-electron chi connectivity index (χ2n) is 6.81. The molecule has 5 nitrogen and oxygen atoms in total. The summed E-state index contributed by atoms with van der Waals surface area (Å²) in [5.74, 6) is 1.44. The summed E-state index contributed by atoms with van der Waals surface area (Å²) in [5, 5.41) is 0. The fraction of sp³-hybridized carbons (Fsp3) is 0.526. The molecule has 5 heteroatoms. The van der Waals surface area contributed by atoms with Crippen LogP contribution in [0.15, 0.2) is 42.7 Å². The van der Waals surface area contributed by atoms with E-state index in [-0.39, 0.29) is 6.10 Å². The summed E-state index contributed by atoms with van der Waals surface area (Å²) >= 11 is 0. The smallest absolute Gasteiger partial charge is 0.213 e. The van der Waals surface area contributed by atoms with E-state index in [1.807, 2.05) is 18.2 Å². The molecule has 0 saturated carbocycles. The summed E-state index contributed by atoms with van der Waals surface area (Å²) in [4.78, 5) is 6.87. The topological polar surface area (TPSA) is 39.5 Å². The molecule has 24 heavy (non-hydrogen) atoms. The molecule has 0 bridgehead atoms. The van der Waals surface area contributed by atoms with Gasteiger partial charge in [-0.3, -0.25) is 4.90 Å². The SMILES string of the molecule is c1ccc(O[C@@H]2CN(CC3CCOCC3)Cc3cccn3C2)nc1. The van der Waals surface area contributed by atoms with Gasteiger partial charge < -0.3 is 14.0 Å². The molecule has 4 rings (SSSR count). The zero-order valence-electron chi connectivity index (χ0n) is 14.0. The van der Waals surface area contributed by atoms with E-state index < -0.39 is 0 Å². The van der Waals surface area contributed by atoms with E-state index in [9.17, 15) is 0 Å². The lowest BCUT2D eigenvalue weighted by atomic mass is 9.99. The van der Waals surface area contributed by atoms with Gasteiger partial charge in [0.25, 0.3) is 0 Å². The van der Waals surface area contributed by atoms with E-state index in [4.69, 9.17) is 9.47 Å². The minimum Gasteiger partial charge on any atom is -0.471 e. The Kier molecular flexibility index (Phi) is 4.81. The Bertz CT molecular complexity index is 637. The van der Waals surface area contributed by atoms with Crippen molar-refractivity contribution in [2.75, 3.05) is 26.3 Å². The molecule has 1 fully saturated rings. The molecule has 4 heterocycles. The van der Waals surface area contributed by atoms with Crippen LogP contribution in [0, 0.1) is 5.92 Å². The van der Waals surface area contributed by atoms with Crippen molar-refractivity contribution in [1.82, 2.24) is 14.5 Å². The van der Waals surface area contributed by atoms with Crippen LogP contribution in [0.4, 0.5) is 0 Å². The van der Waals surface area contributed by atoms with Crippen LogP contribution in [0.2, 0.25) is 0 Å². The van der Waals surface area contributed by atoms with Gasteiger partial charge in [0.05, 0.1) is 6.54 Å². The van der Waals surface area contributed by atoms with Crippen LogP contribution < -0.4 is 4.74 Å². The molecule has 0 unspecified atom stereocenters. The summed E-state index contributed by atoms with van der Waals surface area (Å²) in [5.41, 5.74) is 1.37. The molecule has 0 N–H and O–H groups in total. The Morgan fingerprint density at radius 3 is 2.88 bits per heavy atom. The number of rotatable bonds is 4. The van der Waals surface area contributed by atoms with Crippen LogP contribution in [-0.4, -0.2) is 46.9 Å². The summed E-state index contributed by atoms with van der Waals surface area (Å²) in [6, 6.07) is 10.2. The second kappa shape index (κ2) is 7.36. The normalized spacial score (nSPS) is 22.8. The largest absolute Gasteiger partial charge is 0.471 e. The van der Waals surface area contributed by atoms with Crippen molar-refractivity contribution in [1.29, 1.82) is 0 Å². The van der Waals surface area contributed by atoms with Crippen LogP contribution in [0.25, 0.3) is 0 Å². The van der Waals surface area contributed by atoms with Crippen LogP contribution in [0.3, 0.4) is 0 Å². The number of pyridine rings is 1. The Morgan fingerprint density at radius 2 is 2.04 bits per heavy atom. The van der Waals surface area contributed by atoms with Gasteiger partial charge in [0.1, 0.15) is 6.10 Å². The zero-order valence-corrected chi connectivity index (χ0v) is 14.0. The van der Waals surface area contributed by atoms with Crippen molar-refractivity contribution in [2.24, 2.45) is 5.92 Å². The minimum absolute atomic E-state index is 0.119. The maximum absolute atomic E-state index is 6.18. The van der Waals surface area contributed by atoms with Gasteiger partial charge in [0.15, 0.2) is 0 Å². The van der Waals surface area contributed by atoms with Gasteiger partial charge >= 0.3 is 0 Å². The molecule has 2 aliphatic heterocycles. The summed E-state index contributed by atoms with van der Waals surface area (Å²) in [7, 11) is 0. The molecule has 0 aromatic carbocycles. The van der Waals surface area contributed by atoms with Gasteiger partial charge in [-0.25, -0.2) is 4.98 Å². The third-order valence-electron chi connectivity index (χ3n) is 4.95. The van der Waals surface area contributed by atoms with E-state index >= 15 is 0 Å². The van der Waals surface area contributed by atoms with E-state index in [2.05, 4.69) is 32.8 Å². The Balaban J connectivity index is 1.47. The predicted octanol–water partition coefficient (Wildman–Crippen LogP) is 2.57. The van der Waals surface area contributed by atoms with Crippen molar-refractivity contribution < 1.29 is 9.47 Å². The molecule has 1 saturated heterocycles. The first-order chi connectivity index (χ1) is 11.9. The van der Waals surface area contributed by atoms with Crippen molar-refractivity contribution in [3.05, 3.63) is 48.4 Å². The lowest BCUT2D eigenvalue weighted by Gasteiger charge is -2.30. The highest BCUT2D eigenvalue weighted by Gasteiger charge is 2.25. The standard InChI is InChI=1S/C19H25N3O2/c1-2-8-20-19(5-1)24-18-14-21(12-16-6-10-23-11-7-16)13-17-4-3-9-22(17)15-18/h1-5,8-9,16,18H,6-7,10-15H2/t18-/m1/s1. The van der Waals surface area contributed by atoms with Crippen LogP contribution in [0.5, 0.6) is 5.88 Å². The lowest BCUT2D eigenvalue weighted by molar-refractivity contribution is 0.0439. The first-order valence-corrected chi connectivity index (χ1v) is 8.88. The summed E-state index contributed by atoms with van der Waals surface area (Å²) < 4.78 is 14.0. The number of fused-ring (bicyclic) bond motifs is 1. The third-order valence-corrected chi connectivity index (χ3v) is 4.95. The van der Waals surface area contributed by atoms with Gasteiger partial charge in [-0.15, -0.1) is 0 Å². The number of hydrogen-bond donors (Lipinski definition) is 0. The fourth-order valence-corrected chi connectivity index (χ4v) is 3.73. The molecular formula is C19H25N3O2. The maximum atomic E-state index is 6.18. The average Bonchev–Trinajstić information content (AvgIpc) is 2.96. The van der Waals surface area contributed by atoms with E-state index in [1.54, 1.807) is 6.20 Å². The zero-order chi connectivity index (χ0) is 16.2. The minimum atomic E-state index is 0.119. The van der Waals surface area contributed by atoms with Gasteiger partial charge in [-0.1, -0.05) is 6.07 Å². The highest BCUT2D eigenvalue weighted by molar-refractivity contribution is 5.12. The Morgan fingerprint density at radius 1 is 1.12 bits per heavy atom. The predicted molar refractivity (Wildman–Crippen MR) is 91.9 cm³/mol. The quantitative estimate of drug-likeness (QED) is 0.865. The molecular weight excluding hydrogens is 302 g/mol. The monoisotopic (exact) mass is 327 g/mol. The Hall–Kier alpha value is -1.85. The van der Waals surface area contributed by atoms with Crippen molar-refractivity contribution in [3.63, 3.8) is 0 Å². The van der Waals surface area contributed by atoms with E-state index in [1.165, 1.54) is 18.5 Å². The van der Waals surface area contributed by atoms with Gasteiger partial charge in [0, 0.05) is 57.0 Å². The van der Waals surface area contributed by atoms with E-state index in [0.717, 1.165) is 45.3 Å². The molecule has 0 spiro atoms. The third kappa shape index (κ3) is 3.79. The van der Waals surface area contributed by atoms with Gasteiger partial charge in [0.2, 0.25) is 5.88 Å². The lowest BCUT2D eigenvalue weighted by Crippen LogP contribution is -2.38. The Labute approximate surface area is 143 Å². The van der Waals surface area contributed by atoms with Crippen LogP contribution >= 0.6 is 0 Å². The maximum Gasteiger partial charge on any atom is 0.213 e. The summed E-state index contributed by atoms with van der Waals surface area (Å²) in [6.07, 6.45) is 6.40. The highest BCUT2D eigenvalue weighted by atomic mass is 16.5. The average molecular weight is 327 g/mol.